The maximum Gasteiger partial charge on any atom is 0.351 e. The molecule has 1 aliphatic heterocycles. The predicted molar refractivity (Wildman–Crippen MR) is 96.0 cm³/mol. The van der Waals surface area contributed by atoms with Gasteiger partial charge in [0.05, 0.1) is 29.1 Å². The number of nitro benzene ring substituents is 2. The fourth-order valence-corrected chi connectivity index (χ4v) is 3.71. The summed E-state index contributed by atoms with van der Waals surface area (Å²) in [5.41, 5.74) is -2.60. The summed E-state index contributed by atoms with van der Waals surface area (Å²) in [5.74, 6) is -0.443. The van der Waals surface area contributed by atoms with Crippen LogP contribution in [0, 0.1) is 20.2 Å². The standard InChI is InChI=1S/C14H13N5O10S/c20-6-13-28-7-12(29-13)17-4-3-11(15-14(17)21)16-30(26,27)10-2-1-8(18(22)23)5-9(10)19(24)25/h1-5,12-13,20H,6-7H2,(H,15,16,21)/t12-,13-/m0/s1. The number of ether oxygens (including phenoxy) is 2. The van der Waals surface area contributed by atoms with Gasteiger partial charge in [0.2, 0.25) is 0 Å². The molecule has 15 nitrogen and oxygen atoms in total. The third-order valence-corrected chi connectivity index (χ3v) is 5.30. The average molecular weight is 443 g/mol. The molecule has 1 saturated heterocycles. The van der Waals surface area contributed by atoms with Gasteiger partial charge in [0.25, 0.3) is 21.4 Å². The monoisotopic (exact) mass is 443 g/mol. The first-order chi connectivity index (χ1) is 14.1. The number of sulfonamides is 1. The highest BCUT2D eigenvalue weighted by molar-refractivity contribution is 7.92. The van der Waals surface area contributed by atoms with Crippen LogP contribution in [0.1, 0.15) is 6.23 Å². The van der Waals surface area contributed by atoms with E-state index < -0.39 is 66.8 Å². The van der Waals surface area contributed by atoms with Gasteiger partial charge in [-0.05, 0) is 12.1 Å². The van der Waals surface area contributed by atoms with Gasteiger partial charge in [-0.1, -0.05) is 0 Å². The lowest BCUT2D eigenvalue weighted by molar-refractivity contribution is -0.396. The van der Waals surface area contributed by atoms with Crippen molar-refractivity contribution in [3.8, 4) is 0 Å². The summed E-state index contributed by atoms with van der Waals surface area (Å²) in [4.78, 5) is 34.8. The number of aliphatic hydroxyl groups is 1. The third-order valence-electron chi connectivity index (χ3n) is 3.90. The summed E-state index contributed by atoms with van der Waals surface area (Å²) in [6.07, 6.45) is -0.642. The van der Waals surface area contributed by atoms with E-state index in [2.05, 4.69) is 4.98 Å². The molecule has 1 aromatic carbocycles. The number of aliphatic hydroxyl groups excluding tert-OH is 1. The molecular weight excluding hydrogens is 430 g/mol. The molecule has 2 N–H and O–H groups in total. The lowest BCUT2D eigenvalue weighted by Crippen LogP contribution is -2.29. The second-order valence-electron chi connectivity index (χ2n) is 5.81. The summed E-state index contributed by atoms with van der Waals surface area (Å²) >= 11 is 0. The van der Waals surface area contributed by atoms with E-state index in [0.717, 1.165) is 22.9 Å². The lowest BCUT2D eigenvalue weighted by Gasteiger charge is -2.13. The van der Waals surface area contributed by atoms with Crippen LogP contribution in [0.15, 0.2) is 40.2 Å². The van der Waals surface area contributed by atoms with E-state index in [-0.39, 0.29) is 6.61 Å². The molecule has 2 aromatic rings. The van der Waals surface area contributed by atoms with Gasteiger partial charge in [-0.2, -0.15) is 4.98 Å². The zero-order valence-electron chi connectivity index (χ0n) is 14.8. The van der Waals surface area contributed by atoms with Gasteiger partial charge in [0.15, 0.2) is 17.4 Å². The summed E-state index contributed by atoms with van der Waals surface area (Å²) in [6.45, 7) is -0.475. The van der Waals surface area contributed by atoms with Crippen molar-refractivity contribution in [3.63, 3.8) is 0 Å². The molecule has 16 heteroatoms. The van der Waals surface area contributed by atoms with E-state index in [1.54, 1.807) is 0 Å². The Kier molecular flexibility index (Phi) is 5.74. The molecule has 0 bridgehead atoms. The van der Waals surface area contributed by atoms with Crippen LogP contribution in [-0.2, 0) is 19.5 Å². The number of benzene rings is 1. The number of hydrogen-bond acceptors (Lipinski definition) is 11. The Morgan fingerprint density at radius 2 is 2.00 bits per heavy atom. The smallest absolute Gasteiger partial charge is 0.351 e. The molecule has 2 heterocycles. The fraction of sp³-hybridized carbons (Fsp3) is 0.286. The van der Waals surface area contributed by atoms with Crippen molar-refractivity contribution in [2.75, 3.05) is 17.9 Å². The van der Waals surface area contributed by atoms with Crippen LogP contribution in [0.5, 0.6) is 0 Å². The summed E-state index contributed by atoms with van der Waals surface area (Å²) < 4.78 is 38.3. The van der Waals surface area contributed by atoms with Crippen molar-refractivity contribution in [3.05, 3.63) is 61.2 Å². The molecule has 3 rings (SSSR count). The second kappa shape index (κ2) is 8.11. The summed E-state index contributed by atoms with van der Waals surface area (Å²) in [6, 6.07) is 3.11. The number of anilines is 1. The van der Waals surface area contributed by atoms with Crippen LogP contribution in [0.4, 0.5) is 17.2 Å². The van der Waals surface area contributed by atoms with Gasteiger partial charge < -0.3 is 14.6 Å². The van der Waals surface area contributed by atoms with E-state index in [4.69, 9.17) is 14.6 Å². The van der Waals surface area contributed by atoms with Crippen LogP contribution >= 0.6 is 0 Å². The van der Waals surface area contributed by atoms with Crippen molar-refractivity contribution in [2.24, 2.45) is 0 Å². The minimum atomic E-state index is -4.61. The molecule has 0 radical (unpaired) electrons. The van der Waals surface area contributed by atoms with E-state index in [9.17, 15) is 33.4 Å². The minimum absolute atomic E-state index is 0.0487. The Hall–Kier alpha value is -3.47. The Labute approximate surface area is 166 Å². The normalized spacial score (nSPS) is 18.8. The maximum absolute atomic E-state index is 12.5. The highest BCUT2D eigenvalue weighted by Crippen LogP contribution is 2.29. The molecule has 30 heavy (non-hydrogen) atoms. The van der Waals surface area contributed by atoms with Gasteiger partial charge >= 0.3 is 5.69 Å². The van der Waals surface area contributed by atoms with Gasteiger partial charge in [-0.3, -0.25) is 29.5 Å². The van der Waals surface area contributed by atoms with Crippen LogP contribution in [-0.4, -0.2) is 52.4 Å². The first kappa shape index (κ1) is 21.2. The molecule has 0 aliphatic carbocycles. The molecule has 1 fully saturated rings. The zero-order chi connectivity index (χ0) is 22.1. The van der Waals surface area contributed by atoms with E-state index in [1.165, 1.54) is 0 Å². The molecule has 0 spiro atoms. The highest BCUT2D eigenvalue weighted by atomic mass is 32.2. The fourth-order valence-electron chi connectivity index (χ4n) is 2.56. The lowest BCUT2D eigenvalue weighted by atomic mass is 10.3. The minimum Gasteiger partial charge on any atom is -0.391 e. The number of nitro groups is 2. The van der Waals surface area contributed by atoms with Crippen molar-refractivity contribution < 1.29 is 32.8 Å². The van der Waals surface area contributed by atoms with Gasteiger partial charge in [-0.25, -0.2) is 13.2 Å². The van der Waals surface area contributed by atoms with E-state index in [0.29, 0.717) is 12.1 Å². The number of hydrogen-bond donors (Lipinski definition) is 2. The molecule has 0 amide bonds. The average Bonchev–Trinajstić information content (AvgIpc) is 3.16. The molecule has 0 unspecified atom stereocenters. The van der Waals surface area contributed by atoms with Gasteiger partial charge in [-0.15, -0.1) is 0 Å². The molecule has 1 aliphatic rings. The third kappa shape index (κ3) is 4.25. The molecule has 2 atom stereocenters. The maximum atomic E-state index is 12.5. The predicted octanol–water partition coefficient (Wildman–Crippen LogP) is -0.276. The summed E-state index contributed by atoms with van der Waals surface area (Å²) in [7, 11) is -4.61. The van der Waals surface area contributed by atoms with Crippen LogP contribution in [0.25, 0.3) is 0 Å². The Morgan fingerprint density at radius 3 is 2.57 bits per heavy atom. The van der Waals surface area contributed by atoms with E-state index >= 15 is 0 Å². The Morgan fingerprint density at radius 1 is 1.27 bits per heavy atom. The molecule has 0 saturated carbocycles. The van der Waals surface area contributed by atoms with Gasteiger partial charge in [0.1, 0.15) is 5.82 Å². The number of non-ortho nitro benzene ring substituents is 1. The van der Waals surface area contributed by atoms with Crippen molar-refractivity contribution in [1.82, 2.24) is 9.55 Å². The van der Waals surface area contributed by atoms with Crippen molar-refractivity contribution >= 4 is 27.2 Å². The zero-order valence-corrected chi connectivity index (χ0v) is 15.6. The number of nitrogens with zero attached hydrogens (tertiary/aromatic N) is 4. The van der Waals surface area contributed by atoms with Crippen LogP contribution in [0.3, 0.4) is 0 Å². The number of nitrogens with one attached hydrogen (secondary N) is 1. The molecular formula is C14H13N5O10S. The molecule has 1 aromatic heterocycles. The van der Waals surface area contributed by atoms with Crippen molar-refractivity contribution in [1.29, 1.82) is 0 Å². The number of aromatic nitrogens is 2. The van der Waals surface area contributed by atoms with E-state index in [1.807, 2.05) is 4.72 Å². The Balaban J connectivity index is 1.89. The Bertz CT molecular complexity index is 1160. The second-order valence-corrected chi connectivity index (χ2v) is 7.46. The molecule has 160 valence electrons. The quantitative estimate of drug-likeness (QED) is 0.420. The SMILES string of the molecule is O=c1nc(NS(=O)(=O)c2ccc([N+](=O)[O-])cc2[N+](=O)[O-])ccn1[C@@H]1CO[C@H](CO)O1. The van der Waals surface area contributed by atoms with Gasteiger partial charge in [0, 0.05) is 12.3 Å². The summed E-state index contributed by atoms with van der Waals surface area (Å²) in [5, 5.41) is 30.9. The first-order valence-corrected chi connectivity index (χ1v) is 9.53. The first-order valence-electron chi connectivity index (χ1n) is 8.05. The number of rotatable bonds is 7. The van der Waals surface area contributed by atoms with Crippen LogP contribution < -0.4 is 10.4 Å². The van der Waals surface area contributed by atoms with Crippen molar-refractivity contribution in [2.45, 2.75) is 17.4 Å². The largest absolute Gasteiger partial charge is 0.391 e. The highest BCUT2D eigenvalue weighted by Gasteiger charge is 2.30. The van der Waals surface area contributed by atoms with Crippen LogP contribution in [0.2, 0.25) is 0 Å². The topological polar surface area (TPSA) is 206 Å².